The monoisotopic (exact) mass is 642 g/mol. The molecule has 0 aliphatic rings. The lowest BCUT2D eigenvalue weighted by Gasteiger charge is -2.11. The fraction of sp³-hybridized carbons (Fsp3) is 0. The lowest BCUT2D eigenvalue weighted by molar-refractivity contribution is 1.08. The first kappa shape index (κ1) is 27.8. The summed E-state index contributed by atoms with van der Waals surface area (Å²) in [6, 6.07) is 55.2. The highest BCUT2D eigenvalue weighted by molar-refractivity contribution is 7.22. The van der Waals surface area contributed by atoms with Gasteiger partial charge in [-0.3, -0.25) is 0 Å². The first-order valence-corrected chi connectivity index (χ1v) is 17.1. The van der Waals surface area contributed by atoms with Crippen LogP contribution in [0.1, 0.15) is 0 Å². The van der Waals surface area contributed by atoms with Crippen LogP contribution >= 0.6 is 11.3 Å². The second-order valence-corrected chi connectivity index (χ2v) is 13.3. The third kappa shape index (κ3) is 4.74. The maximum absolute atomic E-state index is 5.12. The van der Waals surface area contributed by atoms with Gasteiger partial charge in [0, 0.05) is 27.6 Å². The van der Waals surface area contributed by atoms with Crippen molar-refractivity contribution in [3.8, 4) is 44.7 Å². The molecule has 0 atom stereocenters. The van der Waals surface area contributed by atoms with E-state index in [1.165, 1.54) is 42.4 Å². The predicted molar refractivity (Wildman–Crippen MR) is 205 cm³/mol. The van der Waals surface area contributed by atoms with E-state index in [0.29, 0.717) is 17.5 Å². The second-order valence-electron chi connectivity index (χ2n) is 12.3. The smallest absolute Gasteiger partial charge is 0.164 e. The van der Waals surface area contributed by atoms with Crippen molar-refractivity contribution in [2.45, 2.75) is 0 Å². The average Bonchev–Trinajstić information content (AvgIpc) is 3.63. The predicted octanol–water partition coefficient (Wildman–Crippen LogP) is 11.8. The Morgan fingerprint density at radius 3 is 1.65 bits per heavy atom. The van der Waals surface area contributed by atoms with Gasteiger partial charge in [0.25, 0.3) is 0 Å². The molecule has 0 radical (unpaired) electrons. The topological polar surface area (TPSA) is 51.6 Å². The van der Waals surface area contributed by atoms with Crippen molar-refractivity contribution in [2.24, 2.45) is 0 Å². The molecule has 49 heavy (non-hydrogen) atoms. The van der Waals surface area contributed by atoms with Gasteiger partial charge >= 0.3 is 0 Å². The van der Waals surface area contributed by atoms with Gasteiger partial charge in [0.15, 0.2) is 17.5 Å². The van der Waals surface area contributed by atoms with Crippen molar-refractivity contribution in [2.75, 3.05) is 0 Å². The van der Waals surface area contributed by atoms with E-state index in [2.05, 4.69) is 121 Å². The van der Waals surface area contributed by atoms with Gasteiger partial charge in [-0.05, 0) is 55.9 Å². The summed E-state index contributed by atoms with van der Waals surface area (Å²) in [5.74, 6) is 1.94. The summed E-state index contributed by atoms with van der Waals surface area (Å²) in [6.07, 6.45) is 0. The van der Waals surface area contributed by atoms with E-state index in [4.69, 9.17) is 19.9 Å². The number of aromatic nitrogens is 4. The van der Waals surface area contributed by atoms with Crippen molar-refractivity contribution < 1.29 is 0 Å². The maximum Gasteiger partial charge on any atom is 0.164 e. The zero-order valence-electron chi connectivity index (χ0n) is 26.2. The van der Waals surface area contributed by atoms with Crippen LogP contribution in [-0.4, -0.2) is 19.9 Å². The van der Waals surface area contributed by atoms with Gasteiger partial charge < -0.3 is 0 Å². The molecule has 0 spiro atoms. The molecule has 5 heteroatoms. The largest absolute Gasteiger partial charge is 0.236 e. The molecular formula is C44H26N4S. The molecule has 2 heterocycles. The Balaban J connectivity index is 1.13. The molecule has 8 aromatic carbocycles. The molecular weight excluding hydrogens is 617 g/mol. The molecule has 0 amide bonds. The van der Waals surface area contributed by atoms with Gasteiger partial charge in [-0.25, -0.2) is 19.9 Å². The summed E-state index contributed by atoms with van der Waals surface area (Å²) in [4.78, 5) is 20.1. The first-order chi connectivity index (χ1) is 24.2. The van der Waals surface area contributed by atoms with Gasteiger partial charge in [-0.1, -0.05) is 140 Å². The summed E-state index contributed by atoms with van der Waals surface area (Å²) >= 11 is 1.73. The molecule has 4 nitrogen and oxygen atoms in total. The lowest BCUT2D eigenvalue weighted by atomic mass is 9.96. The Hall–Kier alpha value is -6.30. The molecule has 0 N–H and O–H groups in total. The van der Waals surface area contributed by atoms with Crippen LogP contribution in [0.15, 0.2) is 158 Å². The van der Waals surface area contributed by atoms with Crippen LogP contribution in [-0.2, 0) is 0 Å². The molecule has 2 aromatic heterocycles. The molecule has 0 bridgehead atoms. The zero-order valence-corrected chi connectivity index (χ0v) is 27.0. The number of thiazole rings is 1. The number of hydrogen-bond donors (Lipinski definition) is 0. The molecule has 10 aromatic rings. The number of hydrogen-bond acceptors (Lipinski definition) is 5. The Morgan fingerprint density at radius 1 is 0.327 bits per heavy atom. The summed E-state index contributed by atoms with van der Waals surface area (Å²) in [5.41, 5.74) is 4.99. The second kappa shape index (κ2) is 11.2. The Kier molecular flexibility index (Phi) is 6.32. The minimum Gasteiger partial charge on any atom is -0.236 e. The molecule has 0 fully saturated rings. The van der Waals surface area contributed by atoms with Crippen molar-refractivity contribution in [1.29, 1.82) is 0 Å². The minimum absolute atomic E-state index is 0.643. The highest BCUT2D eigenvalue weighted by Gasteiger charge is 2.16. The van der Waals surface area contributed by atoms with Gasteiger partial charge in [0.1, 0.15) is 5.01 Å². The fourth-order valence-electron chi connectivity index (χ4n) is 6.86. The third-order valence-electron chi connectivity index (χ3n) is 9.32. The van der Waals surface area contributed by atoms with Crippen LogP contribution in [0.3, 0.4) is 0 Å². The Morgan fingerprint density at radius 2 is 0.878 bits per heavy atom. The van der Waals surface area contributed by atoms with Gasteiger partial charge in [0.05, 0.1) is 10.2 Å². The van der Waals surface area contributed by atoms with Crippen LogP contribution in [0.5, 0.6) is 0 Å². The Bertz CT molecular complexity index is 2880. The molecule has 10 rings (SSSR count). The van der Waals surface area contributed by atoms with Crippen molar-refractivity contribution in [3.05, 3.63) is 158 Å². The van der Waals surface area contributed by atoms with Gasteiger partial charge in [-0.15, -0.1) is 11.3 Å². The average molecular weight is 643 g/mol. The fourth-order valence-corrected chi connectivity index (χ4v) is 7.97. The quantitative estimate of drug-likeness (QED) is 0.179. The van der Waals surface area contributed by atoms with Crippen molar-refractivity contribution in [3.63, 3.8) is 0 Å². The molecule has 228 valence electrons. The standard InChI is InChI=1S/C44H26N4S/c1-3-10-29(11-4-1)41-46-42(32-19-21-35-31(25-32)20-24-39-40(35)49-44(45-39)30-12-5-2-6-13-30)48-43(47-41)33-16-15-28-18-22-36-34-14-8-7-9-27(34)17-23-37(36)38(28)26-33/h1-26H. The normalized spacial score (nSPS) is 11.7. The molecule has 0 aliphatic heterocycles. The van der Waals surface area contributed by atoms with E-state index < -0.39 is 0 Å². The lowest BCUT2D eigenvalue weighted by Crippen LogP contribution is -2.00. The van der Waals surface area contributed by atoms with E-state index in [9.17, 15) is 0 Å². The van der Waals surface area contributed by atoms with Crippen LogP contribution in [0.25, 0.3) is 98.0 Å². The maximum atomic E-state index is 5.12. The van der Waals surface area contributed by atoms with Crippen LogP contribution in [0.2, 0.25) is 0 Å². The van der Waals surface area contributed by atoms with Crippen molar-refractivity contribution >= 4 is 64.6 Å². The first-order valence-electron chi connectivity index (χ1n) is 16.3. The summed E-state index contributed by atoms with van der Waals surface area (Å²) in [6.45, 7) is 0. The number of rotatable bonds is 4. The highest BCUT2D eigenvalue weighted by Crippen LogP contribution is 2.37. The van der Waals surface area contributed by atoms with E-state index in [-0.39, 0.29) is 0 Å². The van der Waals surface area contributed by atoms with Crippen LogP contribution < -0.4 is 0 Å². The van der Waals surface area contributed by atoms with E-state index >= 15 is 0 Å². The number of fused-ring (bicyclic) bond motifs is 8. The number of nitrogens with zero attached hydrogens (tertiary/aromatic N) is 4. The molecule has 0 unspecified atom stereocenters. The van der Waals surface area contributed by atoms with Crippen LogP contribution in [0.4, 0.5) is 0 Å². The Labute approximate surface area is 286 Å². The third-order valence-corrected chi connectivity index (χ3v) is 10.5. The van der Waals surface area contributed by atoms with Crippen LogP contribution in [0, 0.1) is 0 Å². The van der Waals surface area contributed by atoms with Gasteiger partial charge in [0.2, 0.25) is 0 Å². The summed E-state index contributed by atoms with van der Waals surface area (Å²) in [5, 5.41) is 10.6. The highest BCUT2D eigenvalue weighted by atomic mass is 32.1. The minimum atomic E-state index is 0.643. The van der Waals surface area contributed by atoms with E-state index in [1.807, 2.05) is 36.4 Å². The molecule has 0 saturated carbocycles. The molecule has 0 saturated heterocycles. The zero-order chi connectivity index (χ0) is 32.3. The van der Waals surface area contributed by atoms with E-state index in [0.717, 1.165) is 38.2 Å². The number of benzene rings is 8. The van der Waals surface area contributed by atoms with Crippen molar-refractivity contribution in [1.82, 2.24) is 19.9 Å². The van der Waals surface area contributed by atoms with Gasteiger partial charge in [-0.2, -0.15) is 0 Å². The SMILES string of the molecule is c1ccc(-c2nc(-c3ccc4c(ccc5nc(-c6ccccc6)sc54)c3)nc(-c3ccc4ccc5c6ccccc6ccc5c4c3)n2)cc1. The molecule has 0 aliphatic carbocycles. The van der Waals surface area contributed by atoms with E-state index in [1.54, 1.807) is 11.3 Å². The summed E-state index contributed by atoms with van der Waals surface area (Å²) < 4.78 is 1.18. The summed E-state index contributed by atoms with van der Waals surface area (Å²) in [7, 11) is 0.